The fourth-order valence-electron chi connectivity index (χ4n) is 1.66. The van der Waals surface area contributed by atoms with Crippen LogP contribution in [0.25, 0.3) is 0 Å². The molecule has 1 unspecified atom stereocenters. The predicted octanol–water partition coefficient (Wildman–Crippen LogP) is -0.856. The highest BCUT2D eigenvalue weighted by atomic mass is 16.5. The molecule has 2 N–H and O–H groups in total. The standard InChI is InChI=1S/C11H22N2O4/c1-15-6-4-12-7-10(14)13-8-11(16-2)3-5-17-9-11/h12H,3-9H2,1-2H3,(H,13,14). The minimum atomic E-state index is -0.345. The maximum atomic E-state index is 11.5. The van der Waals surface area contributed by atoms with Crippen molar-refractivity contribution in [3.05, 3.63) is 0 Å². The van der Waals surface area contributed by atoms with Crippen LogP contribution in [0.5, 0.6) is 0 Å². The molecule has 1 atom stereocenters. The zero-order valence-corrected chi connectivity index (χ0v) is 10.6. The second kappa shape index (κ2) is 7.60. The van der Waals surface area contributed by atoms with Gasteiger partial charge in [0.05, 0.1) is 19.8 Å². The van der Waals surface area contributed by atoms with Crippen molar-refractivity contribution in [2.75, 3.05) is 53.7 Å². The molecule has 0 spiro atoms. The van der Waals surface area contributed by atoms with Crippen molar-refractivity contribution in [1.82, 2.24) is 10.6 Å². The van der Waals surface area contributed by atoms with Crippen LogP contribution in [-0.4, -0.2) is 65.2 Å². The molecule has 0 aromatic rings. The summed E-state index contributed by atoms with van der Waals surface area (Å²) in [6.45, 7) is 3.29. The number of amides is 1. The lowest BCUT2D eigenvalue weighted by atomic mass is 10.0. The Labute approximate surface area is 102 Å². The third-order valence-corrected chi connectivity index (χ3v) is 2.88. The Bertz CT molecular complexity index is 230. The molecule has 0 aromatic heterocycles. The zero-order valence-electron chi connectivity index (χ0n) is 10.6. The van der Waals surface area contributed by atoms with Gasteiger partial charge in [-0.2, -0.15) is 0 Å². The van der Waals surface area contributed by atoms with Gasteiger partial charge in [0.15, 0.2) is 0 Å². The number of hydrogen-bond acceptors (Lipinski definition) is 5. The molecule has 100 valence electrons. The van der Waals surface area contributed by atoms with E-state index in [1.807, 2.05) is 0 Å². The minimum Gasteiger partial charge on any atom is -0.383 e. The summed E-state index contributed by atoms with van der Waals surface area (Å²) in [6.07, 6.45) is 0.820. The van der Waals surface area contributed by atoms with Crippen molar-refractivity contribution in [3.8, 4) is 0 Å². The molecular weight excluding hydrogens is 224 g/mol. The van der Waals surface area contributed by atoms with E-state index in [0.29, 0.717) is 39.5 Å². The van der Waals surface area contributed by atoms with E-state index in [9.17, 15) is 4.79 Å². The molecule has 1 rings (SSSR count). The topological polar surface area (TPSA) is 68.8 Å². The summed E-state index contributed by atoms with van der Waals surface area (Å²) in [4.78, 5) is 11.5. The van der Waals surface area contributed by atoms with Crippen molar-refractivity contribution in [2.45, 2.75) is 12.0 Å². The molecule has 17 heavy (non-hydrogen) atoms. The summed E-state index contributed by atoms with van der Waals surface area (Å²) in [5, 5.41) is 5.83. The van der Waals surface area contributed by atoms with Crippen LogP contribution in [0.15, 0.2) is 0 Å². The summed E-state index contributed by atoms with van der Waals surface area (Å²) in [5.74, 6) is -0.0376. The number of hydrogen-bond donors (Lipinski definition) is 2. The van der Waals surface area contributed by atoms with Gasteiger partial charge in [-0.3, -0.25) is 4.79 Å². The molecule has 1 heterocycles. The van der Waals surface area contributed by atoms with Crippen LogP contribution in [0.4, 0.5) is 0 Å². The summed E-state index contributed by atoms with van der Waals surface area (Å²) < 4.78 is 15.6. The number of nitrogens with one attached hydrogen (secondary N) is 2. The molecule has 0 radical (unpaired) electrons. The quantitative estimate of drug-likeness (QED) is 0.546. The van der Waals surface area contributed by atoms with E-state index >= 15 is 0 Å². The molecule has 0 aliphatic carbocycles. The molecule has 0 saturated carbocycles. The van der Waals surface area contributed by atoms with Gasteiger partial charge >= 0.3 is 0 Å². The van der Waals surface area contributed by atoms with E-state index in [-0.39, 0.29) is 11.5 Å². The van der Waals surface area contributed by atoms with Crippen LogP contribution in [0.3, 0.4) is 0 Å². The summed E-state index contributed by atoms with van der Waals surface area (Å²) in [6, 6.07) is 0. The second-order valence-electron chi connectivity index (χ2n) is 4.14. The summed E-state index contributed by atoms with van der Waals surface area (Å²) >= 11 is 0. The van der Waals surface area contributed by atoms with Crippen molar-refractivity contribution < 1.29 is 19.0 Å². The van der Waals surface area contributed by atoms with Crippen LogP contribution >= 0.6 is 0 Å². The highest BCUT2D eigenvalue weighted by molar-refractivity contribution is 5.78. The van der Waals surface area contributed by atoms with Gasteiger partial charge in [0.1, 0.15) is 5.60 Å². The monoisotopic (exact) mass is 246 g/mol. The Balaban J connectivity index is 2.14. The SMILES string of the molecule is COCCNCC(=O)NCC1(OC)CCOC1. The van der Waals surface area contributed by atoms with Crippen molar-refractivity contribution >= 4 is 5.91 Å². The third kappa shape index (κ3) is 4.99. The first-order valence-corrected chi connectivity index (χ1v) is 5.82. The van der Waals surface area contributed by atoms with Gasteiger partial charge in [0, 0.05) is 40.3 Å². The molecule has 6 heteroatoms. The molecule has 1 fully saturated rings. The normalized spacial score (nSPS) is 23.9. The summed E-state index contributed by atoms with van der Waals surface area (Å²) in [7, 11) is 3.28. The first-order chi connectivity index (χ1) is 8.22. The van der Waals surface area contributed by atoms with Gasteiger partial charge in [-0.05, 0) is 0 Å². The lowest BCUT2D eigenvalue weighted by Crippen LogP contribution is -2.47. The molecule has 1 aliphatic heterocycles. The van der Waals surface area contributed by atoms with Crippen molar-refractivity contribution in [1.29, 1.82) is 0 Å². The number of carbonyl (C=O) groups is 1. The zero-order chi connectivity index (χ0) is 12.6. The fourth-order valence-corrected chi connectivity index (χ4v) is 1.66. The molecule has 6 nitrogen and oxygen atoms in total. The molecule has 1 aliphatic rings. The Morgan fingerprint density at radius 2 is 2.29 bits per heavy atom. The molecule has 0 bridgehead atoms. The first-order valence-electron chi connectivity index (χ1n) is 5.82. The number of ether oxygens (including phenoxy) is 3. The van der Waals surface area contributed by atoms with Crippen LogP contribution in [-0.2, 0) is 19.0 Å². The van der Waals surface area contributed by atoms with Crippen molar-refractivity contribution in [3.63, 3.8) is 0 Å². The van der Waals surface area contributed by atoms with E-state index in [2.05, 4.69) is 10.6 Å². The van der Waals surface area contributed by atoms with Gasteiger partial charge < -0.3 is 24.8 Å². The molecule has 0 aromatic carbocycles. The predicted molar refractivity (Wildman–Crippen MR) is 62.9 cm³/mol. The van der Waals surface area contributed by atoms with Crippen LogP contribution in [0.2, 0.25) is 0 Å². The van der Waals surface area contributed by atoms with E-state index in [1.165, 1.54) is 0 Å². The van der Waals surface area contributed by atoms with Gasteiger partial charge in [-0.15, -0.1) is 0 Å². The number of methoxy groups -OCH3 is 2. The van der Waals surface area contributed by atoms with Gasteiger partial charge in [0.25, 0.3) is 0 Å². The molecule has 1 amide bonds. The van der Waals surface area contributed by atoms with Crippen molar-refractivity contribution in [2.24, 2.45) is 0 Å². The van der Waals surface area contributed by atoms with Crippen LogP contribution < -0.4 is 10.6 Å². The maximum absolute atomic E-state index is 11.5. The maximum Gasteiger partial charge on any atom is 0.234 e. The Morgan fingerprint density at radius 3 is 2.88 bits per heavy atom. The Morgan fingerprint density at radius 1 is 1.47 bits per heavy atom. The highest BCUT2D eigenvalue weighted by Gasteiger charge is 2.35. The second-order valence-corrected chi connectivity index (χ2v) is 4.14. The lowest BCUT2D eigenvalue weighted by Gasteiger charge is -2.25. The summed E-state index contributed by atoms with van der Waals surface area (Å²) in [5.41, 5.74) is -0.345. The van der Waals surface area contributed by atoms with Crippen LogP contribution in [0, 0.1) is 0 Å². The van der Waals surface area contributed by atoms with Gasteiger partial charge in [-0.1, -0.05) is 0 Å². The van der Waals surface area contributed by atoms with E-state index in [0.717, 1.165) is 6.42 Å². The first kappa shape index (κ1) is 14.4. The average molecular weight is 246 g/mol. The fraction of sp³-hybridized carbons (Fsp3) is 0.909. The minimum absolute atomic E-state index is 0.0376. The Kier molecular flexibility index (Phi) is 6.43. The lowest BCUT2D eigenvalue weighted by molar-refractivity contribution is -0.121. The average Bonchev–Trinajstić information content (AvgIpc) is 2.82. The molecule has 1 saturated heterocycles. The van der Waals surface area contributed by atoms with E-state index in [1.54, 1.807) is 14.2 Å². The molecular formula is C11H22N2O4. The Hall–Kier alpha value is -0.690. The highest BCUT2D eigenvalue weighted by Crippen LogP contribution is 2.21. The van der Waals surface area contributed by atoms with E-state index in [4.69, 9.17) is 14.2 Å². The number of rotatable bonds is 8. The number of carbonyl (C=O) groups excluding carboxylic acids is 1. The third-order valence-electron chi connectivity index (χ3n) is 2.88. The smallest absolute Gasteiger partial charge is 0.234 e. The largest absolute Gasteiger partial charge is 0.383 e. The van der Waals surface area contributed by atoms with E-state index < -0.39 is 0 Å². The van der Waals surface area contributed by atoms with Gasteiger partial charge in [0.2, 0.25) is 5.91 Å². The van der Waals surface area contributed by atoms with Gasteiger partial charge in [-0.25, -0.2) is 0 Å². The van der Waals surface area contributed by atoms with Crippen LogP contribution in [0.1, 0.15) is 6.42 Å².